The van der Waals surface area contributed by atoms with Gasteiger partial charge in [-0.2, -0.15) is 0 Å². The molecule has 2 N–H and O–H groups in total. The van der Waals surface area contributed by atoms with Crippen LogP contribution < -0.4 is 5.73 Å². The van der Waals surface area contributed by atoms with Gasteiger partial charge in [-0.25, -0.2) is 9.37 Å². The van der Waals surface area contributed by atoms with Crippen LogP contribution in [0.25, 0.3) is 11.0 Å². The molecule has 0 aliphatic rings. The first-order valence-electron chi connectivity index (χ1n) is 6.29. The van der Waals surface area contributed by atoms with E-state index in [9.17, 15) is 4.39 Å². The maximum Gasteiger partial charge on any atom is 0.201 e. The zero-order valence-electron chi connectivity index (χ0n) is 10.7. The minimum atomic E-state index is -0.214. The van der Waals surface area contributed by atoms with Gasteiger partial charge >= 0.3 is 0 Å². The minimum Gasteiger partial charge on any atom is -0.369 e. The Kier molecular flexibility index (Phi) is 3.44. The third kappa shape index (κ3) is 2.54. The summed E-state index contributed by atoms with van der Waals surface area (Å²) < 4.78 is 16.1. The first kappa shape index (κ1) is 13.1. The Hall–Kier alpha value is -1.88. The molecule has 0 spiro atoms. The number of aryl methyl sites for hydroxylation is 2. The summed E-state index contributed by atoms with van der Waals surface area (Å²) in [5, 5.41) is 0. The van der Waals surface area contributed by atoms with Gasteiger partial charge in [0.2, 0.25) is 5.95 Å². The predicted molar refractivity (Wildman–Crippen MR) is 81.9 cm³/mol. The highest BCUT2D eigenvalue weighted by Gasteiger charge is 2.08. The summed E-state index contributed by atoms with van der Waals surface area (Å²) in [7, 11) is 0. The molecule has 0 atom stereocenters. The van der Waals surface area contributed by atoms with E-state index in [1.165, 1.54) is 6.07 Å². The second-order valence-corrected chi connectivity index (χ2v) is 5.55. The Bertz CT molecular complexity index is 767. The van der Waals surface area contributed by atoms with Gasteiger partial charge in [-0.15, -0.1) is 0 Å². The highest BCUT2D eigenvalue weighted by molar-refractivity contribution is 9.10. The summed E-state index contributed by atoms with van der Waals surface area (Å²) >= 11 is 3.45. The van der Waals surface area contributed by atoms with Crippen LogP contribution in [0, 0.1) is 5.82 Å². The summed E-state index contributed by atoms with van der Waals surface area (Å²) in [6.45, 7) is 0.669. The van der Waals surface area contributed by atoms with E-state index in [2.05, 4.69) is 20.9 Å². The van der Waals surface area contributed by atoms with E-state index < -0.39 is 0 Å². The Morgan fingerprint density at radius 1 is 1.20 bits per heavy atom. The summed E-state index contributed by atoms with van der Waals surface area (Å²) in [6, 6.07) is 12.5. The van der Waals surface area contributed by atoms with Crippen LogP contribution in [-0.4, -0.2) is 9.55 Å². The highest BCUT2D eigenvalue weighted by atomic mass is 79.9. The van der Waals surface area contributed by atoms with Crippen LogP contribution in [0.15, 0.2) is 46.9 Å². The number of rotatable bonds is 3. The molecular weight excluding hydrogens is 321 g/mol. The van der Waals surface area contributed by atoms with Crippen LogP contribution in [-0.2, 0) is 13.0 Å². The van der Waals surface area contributed by atoms with Crippen molar-refractivity contribution in [3.8, 4) is 0 Å². The first-order chi connectivity index (χ1) is 9.63. The number of anilines is 1. The molecule has 0 aliphatic carbocycles. The van der Waals surface area contributed by atoms with Crippen LogP contribution in [0.4, 0.5) is 10.3 Å². The Morgan fingerprint density at radius 2 is 2.05 bits per heavy atom. The molecule has 0 saturated heterocycles. The summed E-state index contributed by atoms with van der Waals surface area (Å²) in [4.78, 5) is 4.33. The molecule has 3 rings (SSSR count). The van der Waals surface area contributed by atoms with Gasteiger partial charge in [0, 0.05) is 11.0 Å². The van der Waals surface area contributed by atoms with Gasteiger partial charge in [-0.05, 0) is 42.3 Å². The topological polar surface area (TPSA) is 43.8 Å². The Morgan fingerprint density at radius 3 is 2.85 bits per heavy atom. The monoisotopic (exact) mass is 333 g/mol. The van der Waals surface area contributed by atoms with Crippen molar-refractivity contribution in [3.05, 3.63) is 58.3 Å². The van der Waals surface area contributed by atoms with Crippen molar-refractivity contribution in [3.63, 3.8) is 0 Å². The Balaban J connectivity index is 1.90. The molecule has 0 bridgehead atoms. The maximum absolute atomic E-state index is 13.2. The van der Waals surface area contributed by atoms with Gasteiger partial charge in [-0.1, -0.05) is 28.1 Å². The minimum absolute atomic E-state index is 0.214. The highest BCUT2D eigenvalue weighted by Crippen LogP contribution is 2.22. The van der Waals surface area contributed by atoms with Crippen molar-refractivity contribution < 1.29 is 4.39 Å². The largest absolute Gasteiger partial charge is 0.369 e. The van der Waals surface area contributed by atoms with Crippen LogP contribution in [0.3, 0.4) is 0 Å². The van der Waals surface area contributed by atoms with E-state index in [1.54, 1.807) is 12.1 Å². The lowest BCUT2D eigenvalue weighted by Gasteiger charge is -2.07. The standard InChI is InChI=1S/C15H13BrFN3/c16-11-4-5-13-14(9-11)20(15(18)19-13)7-6-10-2-1-3-12(17)8-10/h1-5,8-9H,6-7H2,(H2,18,19). The van der Waals surface area contributed by atoms with E-state index in [0.29, 0.717) is 18.9 Å². The average molecular weight is 334 g/mol. The number of nitrogens with zero attached hydrogens (tertiary/aromatic N) is 2. The van der Waals surface area contributed by atoms with Gasteiger partial charge < -0.3 is 10.3 Å². The van der Waals surface area contributed by atoms with Gasteiger partial charge in [0.1, 0.15) is 5.82 Å². The number of fused-ring (bicyclic) bond motifs is 1. The first-order valence-corrected chi connectivity index (χ1v) is 7.08. The normalized spacial score (nSPS) is 11.1. The zero-order valence-corrected chi connectivity index (χ0v) is 12.3. The van der Waals surface area contributed by atoms with E-state index >= 15 is 0 Å². The second-order valence-electron chi connectivity index (χ2n) is 4.63. The molecule has 0 radical (unpaired) electrons. The van der Waals surface area contributed by atoms with E-state index in [4.69, 9.17) is 5.73 Å². The number of nitrogens with two attached hydrogens (primary N) is 1. The molecule has 0 amide bonds. The van der Waals surface area contributed by atoms with Crippen molar-refractivity contribution in [1.82, 2.24) is 9.55 Å². The van der Waals surface area contributed by atoms with Crippen molar-refractivity contribution in [2.45, 2.75) is 13.0 Å². The summed E-state index contributed by atoms with van der Waals surface area (Å²) in [5.74, 6) is 0.267. The lowest BCUT2D eigenvalue weighted by atomic mass is 10.1. The fraction of sp³-hybridized carbons (Fsp3) is 0.133. The molecule has 0 saturated carbocycles. The van der Waals surface area contributed by atoms with Crippen LogP contribution in [0.2, 0.25) is 0 Å². The molecule has 0 aliphatic heterocycles. The molecule has 0 unspecified atom stereocenters. The van der Waals surface area contributed by atoms with Crippen molar-refractivity contribution >= 4 is 32.9 Å². The molecule has 3 nitrogen and oxygen atoms in total. The lowest BCUT2D eigenvalue weighted by Crippen LogP contribution is -2.05. The van der Waals surface area contributed by atoms with E-state index in [0.717, 1.165) is 21.1 Å². The van der Waals surface area contributed by atoms with Gasteiger partial charge in [0.05, 0.1) is 11.0 Å². The quantitative estimate of drug-likeness (QED) is 0.793. The molecule has 3 aromatic rings. The number of nitrogen functional groups attached to an aromatic ring is 1. The molecule has 1 heterocycles. The Labute approximate surface area is 124 Å². The predicted octanol–water partition coefficient (Wildman–Crippen LogP) is 3.76. The smallest absolute Gasteiger partial charge is 0.201 e. The third-order valence-corrected chi connectivity index (χ3v) is 3.75. The maximum atomic E-state index is 13.2. The molecule has 20 heavy (non-hydrogen) atoms. The number of hydrogen-bond acceptors (Lipinski definition) is 2. The lowest BCUT2D eigenvalue weighted by molar-refractivity contribution is 0.623. The third-order valence-electron chi connectivity index (χ3n) is 3.25. The molecule has 2 aromatic carbocycles. The number of hydrogen-bond donors (Lipinski definition) is 1. The van der Waals surface area contributed by atoms with E-state index in [-0.39, 0.29) is 5.82 Å². The summed E-state index contributed by atoms with van der Waals surface area (Å²) in [5.41, 5.74) is 8.75. The zero-order chi connectivity index (χ0) is 14.1. The van der Waals surface area contributed by atoms with Crippen molar-refractivity contribution in [2.75, 3.05) is 5.73 Å². The molecule has 1 aromatic heterocycles. The number of halogens is 2. The van der Waals surface area contributed by atoms with E-state index in [1.807, 2.05) is 28.8 Å². The summed E-state index contributed by atoms with van der Waals surface area (Å²) in [6.07, 6.45) is 0.708. The molecule has 102 valence electrons. The van der Waals surface area contributed by atoms with Crippen molar-refractivity contribution in [2.24, 2.45) is 0 Å². The number of aromatic nitrogens is 2. The van der Waals surface area contributed by atoms with Gasteiger partial charge in [0.15, 0.2) is 0 Å². The number of imidazole rings is 1. The van der Waals surface area contributed by atoms with Crippen LogP contribution in [0.1, 0.15) is 5.56 Å². The fourth-order valence-electron chi connectivity index (χ4n) is 2.28. The number of benzene rings is 2. The van der Waals surface area contributed by atoms with Crippen LogP contribution in [0.5, 0.6) is 0 Å². The molecular formula is C15H13BrFN3. The van der Waals surface area contributed by atoms with Crippen LogP contribution >= 0.6 is 15.9 Å². The van der Waals surface area contributed by atoms with Gasteiger partial charge in [0.25, 0.3) is 0 Å². The fourth-order valence-corrected chi connectivity index (χ4v) is 2.63. The van der Waals surface area contributed by atoms with Gasteiger partial charge in [-0.3, -0.25) is 0 Å². The second kappa shape index (κ2) is 5.25. The average Bonchev–Trinajstić information content (AvgIpc) is 2.72. The molecule has 5 heteroatoms. The van der Waals surface area contributed by atoms with Crippen molar-refractivity contribution in [1.29, 1.82) is 0 Å². The molecule has 0 fully saturated rings. The SMILES string of the molecule is Nc1nc2ccc(Br)cc2n1CCc1cccc(F)c1.